The largest absolute Gasteiger partial charge is 0.452 e. The molecular formula is C19H14F3N3O. The average molecular weight is 357 g/mol. The van der Waals surface area contributed by atoms with Gasteiger partial charge in [-0.15, -0.1) is 0 Å². The lowest BCUT2D eigenvalue weighted by Crippen LogP contribution is -2.17. The second kappa shape index (κ2) is 7.62. The summed E-state index contributed by atoms with van der Waals surface area (Å²) in [5, 5.41) is 17.8. The van der Waals surface area contributed by atoms with Crippen LogP contribution < -0.4 is 4.90 Å². The molecule has 26 heavy (non-hydrogen) atoms. The van der Waals surface area contributed by atoms with Crippen LogP contribution in [0.4, 0.5) is 18.9 Å². The van der Waals surface area contributed by atoms with E-state index in [2.05, 4.69) is 0 Å². The Bertz CT molecular complexity index is 874. The molecule has 1 aliphatic heterocycles. The lowest BCUT2D eigenvalue weighted by molar-refractivity contribution is -0.124. The van der Waals surface area contributed by atoms with Crippen molar-refractivity contribution in [2.75, 3.05) is 19.0 Å². The number of halogens is 3. The minimum atomic E-state index is -4.73. The van der Waals surface area contributed by atoms with Gasteiger partial charge in [0.05, 0.1) is 0 Å². The molecule has 0 amide bonds. The maximum Gasteiger partial charge on any atom is 0.449 e. The predicted octanol–water partition coefficient (Wildman–Crippen LogP) is 4.47. The second-order valence-electron chi connectivity index (χ2n) is 5.53. The Kier molecular flexibility index (Phi) is 5.54. The smallest absolute Gasteiger partial charge is 0.449 e. The van der Waals surface area contributed by atoms with Gasteiger partial charge < -0.3 is 9.64 Å². The van der Waals surface area contributed by atoms with Gasteiger partial charge in [-0.25, -0.2) is 0 Å². The van der Waals surface area contributed by atoms with Gasteiger partial charge in [0.25, 0.3) is 0 Å². The molecule has 132 valence electrons. The van der Waals surface area contributed by atoms with E-state index in [0.717, 1.165) is 11.3 Å². The molecule has 1 heterocycles. The van der Waals surface area contributed by atoms with E-state index < -0.39 is 17.5 Å². The molecule has 1 aromatic rings. The molecule has 7 heteroatoms. The summed E-state index contributed by atoms with van der Waals surface area (Å²) in [4.78, 5) is 1.92. The molecule has 0 bridgehead atoms. The highest BCUT2D eigenvalue weighted by Crippen LogP contribution is 2.34. The van der Waals surface area contributed by atoms with E-state index in [4.69, 9.17) is 15.3 Å². The van der Waals surface area contributed by atoms with Crippen molar-refractivity contribution in [1.82, 2.24) is 0 Å². The molecule has 0 saturated carbocycles. The third-order valence-corrected chi connectivity index (χ3v) is 3.45. The quantitative estimate of drug-likeness (QED) is 0.749. The number of hydrogen-bond donors (Lipinski definition) is 0. The van der Waals surface area contributed by atoms with Crippen LogP contribution in [-0.4, -0.2) is 20.3 Å². The maximum absolute atomic E-state index is 13.0. The Labute approximate surface area is 149 Å². The average Bonchev–Trinajstić information content (AvgIpc) is 2.60. The molecule has 1 aliphatic rings. The number of ether oxygens (including phenoxy) is 1. The molecule has 0 aliphatic carbocycles. The van der Waals surface area contributed by atoms with Gasteiger partial charge in [0.15, 0.2) is 0 Å². The van der Waals surface area contributed by atoms with Crippen LogP contribution >= 0.6 is 0 Å². The predicted molar refractivity (Wildman–Crippen MR) is 91.4 cm³/mol. The van der Waals surface area contributed by atoms with Crippen molar-refractivity contribution in [3.63, 3.8) is 0 Å². The topological polar surface area (TPSA) is 60.0 Å². The highest BCUT2D eigenvalue weighted by Gasteiger charge is 2.38. The van der Waals surface area contributed by atoms with Crippen LogP contribution in [0.2, 0.25) is 0 Å². The van der Waals surface area contributed by atoms with Crippen LogP contribution in [0, 0.1) is 22.7 Å². The van der Waals surface area contributed by atoms with Crippen molar-refractivity contribution in [2.24, 2.45) is 0 Å². The van der Waals surface area contributed by atoms with Gasteiger partial charge in [0.1, 0.15) is 23.5 Å². The number of benzene rings is 1. The van der Waals surface area contributed by atoms with E-state index in [-0.39, 0.29) is 11.3 Å². The van der Waals surface area contributed by atoms with Crippen LogP contribution in [0.1, 0.15) is 5.56 Å². The summed E-state index contributed by atoms with van der Waals surface area (Å²) >= 11 is 0. The summed E-state index contributed by atoms with van der Waals surface area (Å²) in [6.07, 6.45) is 0.0745. The summed E-state index contributed by atoms with van der Waals surface area (Å²) in [7, 11) is 3.79. The fourth-order valence-electron chi connectivity index (χ4n) is 2.10. The Morgan fingerprint density at radius 3 is 2.15 bits per heavy atom. The maximum atomic E-state index is 13.0. The highest BCUT2D eigenvalue weighted by molar-refractivity contribution is 5.59. The van der Waals surface area contributed by atoms with E-state index in [9.17, 15) is 13.2 Å². The van der Waals surface area contributed by atoms with Gasteiger partial charge in [-0.1, -0.05) is 18.2 Å². The van der Waals surface area contributed by atoms with Crippen LogP contribution in [0.15, 0.2) is 65.2 Å². The number of alkyl halides is 3. The van der Waals surface area contributed by atoms with Crippen LogP contribution in [-0.2, 0) is 4.74 Å². The normalized spacial score (nSPS) is 14.0. The Morgan fingerprint density at radius 1 is 1.04 bits per heavy atom. The Morgan fingerprint density at radius 2 is 1.65 bits per heavy atom. The van der Waals surface area contributed by atoms with Gasteiger partial charge in [-0.05, 0) is 35.9 Å². The molecule has 0 N–H and O–H groups in total. The third-order valence-electron chi connectivity index (χ3n) is 3.45. The first-order valence-corrected chi connectivity index (χ1v) is 7.43. The van der Waals surface area contributed by atoms with E-state index in [1.54, 1.807) is 18.2 Å². The second-order valence-corrected chi connectivity index (χ2v) is 5.53. The number of nitrogens with zero attached hydrogens (tertiary/aromatic N) is 3. The summed E-state index contributed by atoms with van der Waals surface area (Å²) in [6, 6.07) is 10.5. The van der Waals surface area contributed by atoms with Gasteiger partial charge in [-0.2, -0.15) is 23.7 Å². The zero-order chi connectivity index (χ0) is 19.3. The first-order chi connectivity index (χ1) is 12.2. The monoisotopic (exact) mass is 357 g/mol. The molecule has 0 radical (unpaired) electrons. The molecule has 0 atom stereocenters. The summed E-state index contributed by atoms with van der Waals surface area (Å²) < 4.78 is 43.9. The Balaban J connectivity index is 2.35. The third kappa shape index (κ3) is 4.55. The first-order valence-electron chi connectivity index (χ1n) is 7.43. The minimum Gasteiger partial charge on any atom is -0.452 e. The van der Waals surface area contributed by atoms with Crippen LogP contribution in [0.3, 0.4) is 0 Å². The fourth-order valence-corrected chi connectivity index (χ4v) is 2.10. The SMILES string of the molecule is CN(C)c1ccc(/C=C/C2=CC(=C(C#N)C#N)C=C(C(F)(F)F)O2)cc1. The molecule has 0 unspecified atom stereocenters. The zero-order valence-corrected chi connectivity index (χ0v) is 14.0. The van der Waals surface area contributed by atoms with Crippen LogP contribution in [0.25, 0.3) is 6.08 Å². The molecule has 2 rings (SSSR count). The molecular weight excluding hydrogens is 343 g/mol. The molecule has 0 spiro atoms. The van der Waals surface area contributed by atoms with E-state index >= 15 is 0 Å². The molecule has 4 nitrogen and oxygen atoms in total. The van der Waals surface area contributed by atoms with Crippen molar-refractivity contribution in [2.45, 2.75) is 6.18 Å². The molecule has 0 fully saturated rings. The number of nitriles is 2. The molecule has 0 saturated heterocycles. The molecule has 1 aromatic carbocycles. The van der Waals surface area contributed by atoms with Crippen molar-refractivity contribution in [1.29, 1.82) is 10.5 Å². The van der Waals surface area contributed by atoms with E-state index in [1.165, 1.54) is 12.2 Å². The standard InChI is InChI=1S/C19H14F3N3O/c1-25(2)16-6-3-13(4-7-16)5-8-17-9-14(15(11-23)12-24)10-18(26-17)19(20,21)22/h3-10H,1-2H3/b8-5+. The highest BCUT2D eigenvalue weighted by atomic mass is 19.4. The van der Waals surface area contributed by atoms with Gasteiger partial charge in [-0.3, -0.25) is 0 Å². The fraction of sp³-hybridized carbons (Fsp3) is 0.158. The van der Waals surface area contributed by atoms with Gasteiger partial charge >= 0.3 is 6.18 Å². The lowest BCUT2D eigenvalue weighted by Gasteiger charge is -2.18. The summed E-state index contributed by atoms with van der Waals surface area (Å²) in [5.41, 5.74) is 1.18. The molecule has 0 aromatic heterocycles. The number of rotatable bonds is 3. The van der Waals surface area contributed by atoms with Gasteiger partial charge in [0, 0.05) is 25.4 Å². The number of allylic oxidation sites excluding steroid dienone is 6. The minimum absolute atomic E-state index is 0.116. The van der Waals surface area contributed by atoms with E-state index in [0.29, 0.717) is 6.08 Å². The Hall–Kier alpha value is -3.45. The lowest BCUT2D eigenvalue weighted by atomic mass is 10.1. The summed E-state index contributed by atoms with van der Waals surface area (Å²) in [5.74, 6) is -1.39. The van der Waals surface area contributed by atoms with E-state index in [1.807, 2.05) is 43.3 Å². The van der Waals surface area contributed by atoms with Gasteiger partial charge in [0.2, 0.25) is 5.76 Å². The van der Waals surface area contributed by atoms with Crippen molar-refractivity contribution >= 4 is 11.8 Å². The number of anilines is 1. The first kappa shape index (κ1) is 18.9. The number of hydrogen-bond acceptors (Lipinski definition) is 4. The van der Waals surface area contributed by atoms with Crippen molar-refractivity contribution in [3.05, 3.63) is 70.7 Å². The van der Waals surface area contributed by atoms with Crippen molar-refractivity contribution < 1.29 is 17.9 Å². The van der Waals surface area contributed by atoms with Crippen LogP contribution in [0.5, 0.6) is 0 Å². The zero-order valence-electron chi connectivity index (χ0n) is 14.0. The van der Waals surface area contributed by atoms with Crippen molar-refractivity contribution in [3.8, 4) is 12.1 Å². The summed E-state index contributed by atoms with van der Waals surface area (Å²) in [6.45, 7) is 0.